The van der Waals surface area contributed by atoms with Crippen molar-refractivity contribution < 1.29 is 9.32 Å². The van der Waals surface area contributed by atoms with Gasteiger partial charge in [0, 0.05) is 47.0 Å². The van der Waals surface area contributed by atoms with Crippen molar-refractivity contribution in [2.75, 3.05) is 29.5 Å². The molecule has 0 amide bonds. The van der Waals surface area contributed by atoms with E-state index in [1.807, 2.05) is 16.0 Å². The first kappa shape index (κ1) is 11.2. The van der Waals surface area contributed by atoms with Gasteiger partial charge in [0.25, 0.3) is 0 Å². The van der Waals surface area contributed by atoms with Crippen molar-refractivity contribution in [2.45, 2.75) is 6.61 Å². The lowest BCUT2D eigenvalue weighted by molar-refractivity contribution is 0.276. The molecule has 0 saturated carbocycles. The Morgan fingerprint density at radius 3 is 2.94 bits per heavy atom. The molecule has 0 radical (unpaired) electrons. The maximum atomic E-state index is 11.3. The minimum absolute atomic E-state index is 0.0210. The van der Waals surface area contributed by atoms with Gasteiger partial charge in [0.2, 0.25) is 0 Å². The summed E-state index contributed by atoms with van der Waals surface area (Å²) in [4.78, 5) is 7.56. The number of anilines is 1. The standard InChI is InChI=1S/C10H13N3O2S2/c14-7-8-9(11-10-13(8)1-4-16-10)12-2-5-17(15)6-3-12/h1,4,14H,2-3,5-7H2. The zero-order valence-electron chi connectivity index (χ0n) is 9.20. The van der Waals surface area contributed by atoms with Crippen LogP contribution in [0.2, 0.25) is 0 Å². The Bertz CT molecular complexity index is 553. The first-order valence-electron chi connectivity index (χ1n) is 5.45. The summed E-state index contributed by atoms with van der Waals surface area (Å²) in [6.07, 6.45) is 1.92. The SMILES string of the molecule is O=S1CCN(c2nc3sccn3c2CO)CC1. The molecule has 1 saturated heterocycles. The maximum Gasteiger partial charge on any atom is 0.195 e. The van der Waals surface area contributed by atoms with Crippen LogP contribution in [0.5, 0.6) is 0 Å². The van der Waals surface area contributed by atoms with Gasteiger partial charge in [-0.05, 0) is 0 Å². The molecule has 0 aliphatic carbocycles. The van der Waals surface area contributed by atoms with Gasteiger partial charge in [-0.3, -0.25) is 8.61 Å². The zero-order valence-corrected chi connectivity index (χ0v) is 10.8. The Labute approximate surface area is 105 Å². The normalized spacial score (nSPS) is 18.1. The Morgan fingerprint density at radius 2 is 2.24 bits per heavy atom. The van der Waals surface area contributed by atoms with Crippen LogP contribution in [0, 0.1) is 0 Å². The molecule has 5 nitrogen and oxygen atoms in total. The maximum absolute atomic E-state index is 11.3. The van der Waals surface area contributed by atoms with E-state index >= 15 is 0 Å². The minimum atomic E-state index is -0.688. The fourth-order valence-corrected chi connectivity index (χ4v) is 3.85. The number of aromatic nitrogens is 2. The van der Waals surface area contributed by atoms with Crippen molar-refractivity contribution in [1.29, 1.82) is 0 Å². The van der Waals surface area contributed by atoms with Crippen LogP contribution in [0.15, 0.2) is 11.6 Å². The number of hydrogen-bond acceptors (Lipinski definition) is 5. The highest BCUT2D eigenvalue weighted by atomic mass is 32.2. The fourth-order valence-electron chi connectivity index (χ4n) is 2.07. The molecule has 17 heavy (non-hydrogen) atoms. The third-order valence-electron chi connectivity index (χ3n) is 2.97. The van der Waals surface area contributed by atoms with E-state index in [4.69, 9.17) is 0 Å². The van der Waals surface area contributed by atoms with Crippen molar-refractivity contribution in [3.63, 3.8) is 0 Å². The molecule has 0 unspecified atom stereocenters. The Hall–Kier alpha value is -0.920. The topological polar surface area (TPSA) is 57.8 Å². The number of aliphatic hydroxyl groups is 1. The van der Waals surface area contributed by atoms with Gasteiger partial charge in [0.05, 0.1) is 12.3 Å². The van der Waals surface area contributed by atoms with E-state index in [1.165, 1.54) is 0 Å². The van der Waals surface area contributed by atoms with Gasteiger partial charge in [0.15, 0.2) is 10.8 Å². The van der Waals surface area contributed by atoms with Crippen molar-refractivity contribution in [3.8, 4) is 0 Å². The quantitative estimate of drug-likeness (QED) is 0.862. The molecule has 1 aliphatic heterocycles. The minimum Gasteiger partial charge on any atom is -0.390 e. The zero-order chi connectivity index (χ0) is 11.8. The van der Waals surface area contributed by atoms with Gasteiger partial charge in [-0.1, -0.05) is 0 Å². The first-order valence-corrected chi connectivity index (χ1v) is 7.81. The van der Waals surface area contributed by atoms with E-state index < -0.39 is 10.8 Å². The van der Waals surface area contributed by atoms with E-state index in [2.05, 4.69) is 9.88 Å². The third-order valence-corrected chi connectivity index (χ3v) is 5.00. The molecule has 0 spiro atoms. The molecule has 3 rings (SSSR count). The predicted molar refractivity (Wildman–Crippen MR) is 69.1 cm³/mol. The summed E-state index contributed by atoms with van der Waals surface area (Å²) in [5.74, 6) is 2.22. The van der Waals surface area contributed by atoms with Gasteiger partial charge >= 0.3 is 0 Å². The molecule has 7 heteroatoms. The summed E-state index contributed by atoms with van der Waals surface area (Å²) in [6.45, 7) is 1.49. The number of imidazole rings is 1. The van der Waals surface area contributed by atoms with Crippen LogP contribution in [0.4, 0.5) is 5.82 Å². The lowest BCUT2D eigenvalue weighted by atomic mass is 10.4. The van der Waals surface area contributed by atoms with Gasteiger partial charge in [-0.2, -0.15) is 0 Å². The van der Waals surface area contributed by atoms with Crippen LogP contribution < -0.4 is 4.90 Å². The number of fused-ring (bicyclic) bond motifs is 1. The van der Waals surface area contributed by atoms with Crippen molar-refractivity contribution in [2.24, 2.45) is 0 Å². The van der Waals surface area contributed by atoms with Crippen LogP contribution >= 0.6 is 11.3 Å². The third kappa shape index (κ3) is 1.88. The molecule has 0 bridgehead atoms. The van der Waals surface area contributed by atoms with Gasteiger partial charge in [-0.25, -0.2) is 4.98 Å². The van der Waals surface area contributed by atoms with Crippen LogP contribution in [0.3, 0.4) is 0 Å². The van der Waals surface area contributed by atoms with Crippen LogP contribution in [0.1, 0.15) is 5.69 Å². The number of hydrogen-bond donors (Lipinski definition) is 1. The molecule has 3 heterocycles. The van der Waals surface area contributed by atoms with Gasteiger partial charge in [-0.15, -0.1) is 11.3 Å². The van der Waals surface area contributed by atoms with Gasteiger partial charge < -0.3 is 10.0 Å². The number of thiazole rings is 1. The van der Waals surface area contributed by atoms with E-state index in [1.54, 1.807) is 11.3 Å². The summed E-state index contributed by atoms with van der Waals surface area (Å²) in [5.41, 5.74) is 0.828. The molecular formula is C10H13N3O2S2. The summed E-state index contributed by atoms with van der Waals surface area (Å²) in [5, 5.41) is 11.4. The average molecular weight is 271 g/mol. The summed E-state index contributed by atoms with van der Waals surface area (Å²) in [7, 11) is -0.688. The number of aliphatic hydroxyl groups excluding tert-OH is 1. The highest BCUT2D eigenvalue weighted by Crippen LogP contribution is 2.25. The summed E-state index contributed by atoms with van der Waals surface area (Å²) in [6, 6.07) is 0. The molecule has 1 N–H and O–H groups in total. The van der Waals surface area contributed by atoms with Crippen LogP contribution in [0.25, 0.3) is 4.96 Å². The van der Waals surface area contributed by atoms with E-state index in [-0.39, 0.29) is 6.61 Å². The first-order chi connectivity index (χ1) is 8.29. The fraction of sp³-hybridized carbons (Fsp3) is 0.500. The van der Waals surface area contributed by atoms with E-state index in [0.29, 0.717) is 11.5 Å². The van der Waals surface area contributed by atoms with Crippen LogP contribution in [-0.4, -0.2) is 43.3 Å². The summed E-state index contributed by atoms with van der Waals surface area (Å²) >= 11 is 1.56. The monoisotopic (exact) mass is 271 g/mol. The van der Waals surface area contributed by atoms with Crippen molar-refractivity contribution in [3.05, 3.63) is 17.3 Å². The average Bonchev–Trinajstić information content (AvgIpc) is 2.89. The Kier molecular flexibility index (Phi) is 2.89. The number of nitrogens with zero attached hydrogens (tertiary/aromatic N) is 3. The number of rotatable bonds is 2. The lowest BCUT2D eigenvalue weighted by Gasteiger charge is -2.27. The largest absolute Gasteiger partial charge is 0.390 e. The van der Waals surface area contributed by atoms with Crippen molar-refractivity contribution >= 4 is 32.9 Å². The molecule has 2 aromatic heterocycles. The highest BCUT2D eigenvalue weighted by molar-refractivity contribution is 7.85. The Balaban J connectivity index is 1.98. The van der Waals surface area contributed by atoms with Crippen molar-refractivity contribution in [1.82, 2.24) is 9.38 Å². The highest BCUT2D eigenvalue weighted by Gasteiger charge is 2.22. The molecule has 1 aliphatic rings. The second-order valence-corrected chi connectivity index (χ2v) is 6.50. The van der Waals surface area contributed by atoms with Gasteiger partial charge in [0.1, 0.15) is 0 Å². The van der Waals surface area contributed by atoms with Crippen LogP contribution in [-0.2, 0) is 17.4 Å². The molecule has 0 aromatic carbocycles. The molecule has 2 aromatic rings. The Morgan fingerprint density at radius 1 is 1.47 bits per heavy atom. The predicted octanol–water partition coefficient (Wildman–Crippen LogP) is 0.457. The second-order valence-electron chi connectivity index (χ2n) is 3.93. The lowest BCUT2D eigenvalue weighted by Crippen LogP contribution is -2.38. The molecule has 92 valence electrons. The molecular weight excluding hydrogens is 258 g/mol. The molecule has 1 fully saturated rings. The van der Waals surface area contributed by atoms with E-state index in [9.17, 15) is 9.32 Å². The van der Waals surface area contributed by atoms with E-state index in [0.717, 1.165) is 29.6 Å². The molecule has 0 atom stereocenters. The summed E-state index contributed by atoms with van der Waals surface area (Å²) < 4.78 is 13.3. The smallest absolute Gasteiger partial charge is 0.195 e. The second kappa shape index (κ2) is 4.40.